The lowest BCUT2D eigenvalue weighted by molar-refractivity contribution is -0.137. The molecule has 2 amide bonds. The maximum Gasteiger partial charge on any atom is 0.416 e. The van der Waals surface area contributed by atoms with E-state index in [4.69, 9.17) is 9.47 Å². The molecule has 1 aliphatic heterocycles. The summed E-state index contributed by atoms with van der Waals surface area (Å²) in [4.78, 5) is 28.3. The van der Waals surface area contributed by atoms with E-state index in [2.05, 4.69) is 5.32 Å². The zero-order valence-electron chi connectivity index (χ0n) is 20.9. The Hall–Kier alpha value is -3.92. The van der Waals surface area contributed by atoms with E-state index in [1.165, 1.54) is 28.8 Å². The second-order valence-electron chi connectivity index (χ2n) is 8.47. The summed E-state index contributed by atoms with van der Waals surface area (Å²) in [5, 5.41) is 2.89. The molecule has 1 aliphatic rings. The monoisotopic (exact) mass is 542 g/mol. The minimum Gasteiger partial charge on any atom is -0.493 e. The van der Waals surface area contributed by atoms with Crippen molar-refractivity contribution in [2.75, 3.05) is 32.7 Å². The van der Waals surface area contributed by atoms with Crippen molar-refractivity contribution in [1.29, 1.82) is 0 Å². The number of nitrogens with zero attached hydrogens (tertiary/aromatic N) is 1. The molecule has 4 rings (SSSR count). The third-order valence-electron chi connectivity index (χ3n) is 6.00. The molecule has 1 heterocycles. The van der Waals surface area contributed by atoms with Crippen molar-refractivity contribution in [2.45, 2.75) is 17.5 Å². The molecule has 38 heavy (non-hydrogen) atoms. The number of halogens is 3. The number of nitrogens with one attached hydrogen (secondary N) is 1. The van der Waals surface area contributed by atoms with Crippen LogP contribution in [-0.4, -0.2) is 39.6 Å². The Labute approximate surface area is 222 Å². The number of methoxy groups -OCH3 is 2. The number of amides is 2. The van der Waals surface area contributed by atoms with E-state index in [-0.39, 0.29) is 11.8 Å². The van der Waals surface area contributed by atoms with Crippen molar-refractivity contribution in [2.24, 2.45) is 0 Å². The van der Waals surface area contributed by atoms with Gasteiger partial charge in [-0.15, -0.1) is 0 Å². The van der Waals surface area contributed by atoms with Gasteiger partial charge in [0.05, 0.1) is 30.4 Å². The smallest absolute Gasteiger partial charge is 0.416 e. The van der Waals surface area contributed by atoms with Gasteiger partial charge in [-0.3, -0.25) is 9.59 Å². The topological polar surface area (TPSA) is 67.9 Å². The van der Waals surface area contributed by atoms with Gasteiger partial charge in [0, 0.05) is 24.1 Å². The van der Waals surface area contributed by atoms with Crippen LogP contribution in [0.4, 0.5) is 18.9 Å². The van der Waals surface area contributed by atoms with E-state index in [9.17, 15) is 22.8 Å². The number of likely N-dealkylation sites (N-methyl/N-ethyl adjacent to an activating group) is 1. The lowest BCUT2D eigenvalue weighted by Gasteiger charge is -2.27. The molecule has 0 radical (unpaired) electrons. The number of carbonyl (C=O) groups excluding carboxylic acids is 2. The number of carbonyl (C=O) groups is 2. The number of thioether (sulfide) groups is 1. The van der Waals surface area contributed by atoms with Gasteiger partial charge in [-0.05, 0) is 66.1 Å². The highest BCUT2D eigenvalue weighted by Gasteiger charge is 2.30. The van der Waals surface area contributed by atoms with E-state index in [0.29, 0.717) is 46.2 Å². The molecule has 6 nitrogen and oxygen atoms in total. The number of benzene rings is 3. The summed E-state index contributed by atoms with van der Waals surface area (Å²) in [7, 11) is 4.73. The Morgan fingerprint density at radius 2 is 1.71 bits per heavy atom. The van der Waals surface area contributed by atoms with Crippen molar-refractivity contribution in [3.8, 4) is 11.5 Å². The molecule has 0 aromatic heterocycles. The van der Waals surface area contributed by atoms with Crippen LogP contribution < -0.4 is 19.7 Å². The standard InChI is InChI=1S/C28H25F3N2O4S/c1-33-21-16-19(26(34)32-13-12-18-6-10-22(36-2)23(14-18)37-3)7-11-24(21)38-25(27(33)35)15-17-4-8-20(9-5-17)28(29,30)31/h4-11,14-16H,12-13H2,1-3H3,(H,32,34)/b25-15-. The Morgan fingerprint density at radius 3 is 2.37 bits per heavy atom. The third-order valence-corrected chi connectivity index (χ3v) is 7.08. The lowest BCUT2D eigenvalue weighted by Crippen LogP contribution is -2.31. The Balaban J connectivity index is 1.43. The number of hydrogen-bond donors (Lipinski definition) is 1. The van der Waals surface area contributed by atoms with E-state index in [1.54, 1.807) is 45.5 Å². The van der Waals surface area contributed by atoms with Gasteiger partial charge in [-0.25, -0.2) is 0 Å². The molecular weight excluding hydrogens is 517 g/mol. The van der Waals surface area contributed by atoms with Crippen LogP contribution >= 0.6 is 11.8 Å². The summed E-state index contributed by atoms with van der Waals surface area (Å²) in [6.45, 7) is 0.398. The molecule has 0 aliphatic carbocycles. The summed E-state index contributed by atoms with van der Waals surface area (Å²) in [6.07, 6.45) is -2.28. The van der Waals surface area contributed by atoms with Crippen LogP contribution in [0.15, 0.2) is 70.5 Å². The van der Waals surface area contributed by atoms with Crippen LogP contribution in [0.1, 0.15) is 27.0 Å². The van der Waals surface area contributed by atoms with Crippen molar-refractivity contribution in [3.05, 3.63) is 87.8 Å². The van der Waals surface area contributed by atoms with Gasteiger partial charge in [0.15, 0.2) is 11.5 Å². The third kappa shape index (κ3) is 5.96. The van der Waals surface area contributed by atoms with Crippen LogP contribution in [0, 0.1) is 0 Å². The highest BCUT2D eigenvalue weighted by molar-refractivity contribution is 8.04. The molecule has 3 aromatic rings. The van der Waals surface area contributed by atoms with E-state index in [0.717, 1.165) is 22.6 Å². The molecule has 0 unspecified atom stereocenters. The number of alkyl halides is 3. The normalized spacial score (nSPS) is 14.3. The highest BCUT2D eigenvalue weighted by Crippen LogP contribution is 2.42. The predicted octanol–water partition coefficient (Wildman–Crippen LogP) is 5.80. The van der Waals surface area contributed by atoms with Gasteiger partial charge in [0.1, 0.15) is 0 Å². The van der Waals surface area contributed by atoms with Gasteiger partial charge in [-0.2, -0.15) is 13.2 Å². The minimum absolute atomic E-state index is 0.273. The van der Waals surface area contributed by atoms with E-state index >= 15 is 0 Å². The lowest BCUT2D eigenvalue weighted by atomic mass is 10.1. The average Bonchev–Trinajstić information content (AvgIpc) is 2.91. The van der Waals surface area contributed by atoms with Crippen LogP contribution in [0.2, 0.25) is 0 Å². The maximum atomic E-state index is 13.0. The molecule has 1 N–H and O–H groups in total. The Morgan fingerprint density at radius 1 is 1.00 bits per heavy atom. The van der Waals surface area contributed by atoms with Crippen molar-refractivity contribution >= 4 is 35.3 Å². The minimum atomic E-state index is -4.42. The summed E-state index contributed by atoms with van der Waals surface area (Å²) in [6, 6.07) is 15.3. The molecule has 3 aromatic carbocycles. The Bertz CT molecular complexity index is 1390. The van der Waals surface area contributed by atoms with Crippen LogP contribution in [-0.2, 0) is 17.4 Å². The largest absolute Gasteiger partial charge is 0.493 e. The van der Waals surface area contributed by atoms with Gasteiger partial charge in [0.2, 0.25) is 0 Å². The van der Waals surface area contributed by atoms with Gasteiger partial charge in [0.25, 0.3) is 11.8 Å². The zero-order valence-corrected chi connectivity index (χ0v) is 21.7. The molecule has 0 fully saturated rings. The average molecular weight is 543 g/mol. The number of ether oxygens (including phenoxy) is 2. The molecule has 0 bridgehead atoms. The first-order valence-electron chi connectivity index (χ1n) is 11.6. The fraction of sp³-hybridized carbons (Fsp3) is 0.214. The molecule has 10 heteroatoms. The fourth-order valence-electron chi connectivity index (χ4n) is 3.91. The molecule has 0 saturated carbocycles. The van der Waals surface area contributed by atoms with Crippen molar-refractivity contribution in [1.82, 2.24) is 5.32 Å². The highest BCUT2D eigenvalue weighted by atomic mass is 32.2. The molecule has 0 atom stereocenters. The van der Waals surface area contributed by atoms with Gasteiger partial charge >= 0.3 is 6.18 Å². The molecular formula is C28H25F3N2O4S. The first-order valence-corrected chi connectivity index (χ1v) is 12.4. The summed E-state index contributed by atoms with van der Waals surface area (Å²) in [5.41, 5.74) is 1.70. The Kier molecular flexibility index (Phi) is 8.01. The first-order chi connectivity index (χ1) is 18.1. The van der Waals surface area contributed by atoms with Crippen molar-refractivity contribution in [3.63, 3.8) is 0 Å². The zero-order chi connectivity index (χ0) is 27.4. The van der Waals surface area contributed by atoms with Crippen LogP contribution in [0.5, 0.6) is 11.5 Å². The SMILES string of the molecule is COc1ccc(CCNC(=O)c2ccc3c(c2)N(C)C(=O)/C(=C/c2ccc(C(F)(F)F)cc2)S3)cc1OC. The van der Waals surface area contributed by atoms with Crippen LogP contribution in [0.3, 0.4) is 0 Å². The molecule has 0 spiro atoms. The summed E-state index contributed by atoms with van der Waals surface area (Å²) < 4.78 is 49.0. The van der Waals surface area contributed by atoms with Gasteiger partial charge < -0.3 is 19.7 Å². The molecule has 0 saturated heterocycles. The van der Waals surface area contributed by atoms with Crippen molar-refractivity contribution < 1.29 is 32.2 Å². The number of rotatable bonds is 7. The molecule has 198 valence electrons. The van der Waals surface area contributed by atoms with E-state index in [1.807, 2.05) is 18.2 Å². The predicted molar refractivity (Wildman–Crippen MR) is 141 cm³/mol. The van der Waals surface area contributed by atoms with Crippen LogP contribution in [0.25, 0.3) is 6.08 Å². The number of fused-ring (bicyclic) bond motifs is 1. The second-order valence-corrected chi connectivity index (χ2v) is 9.56. The maximum absolute atomic E-state index is 13.0. The van der Waals surface area contributed by atoms with E-state index < -0.39 is 11.7 Å². The summed E-state index contributed by atoms with van der Waals surface area (Å²) >= 11 is 1.21. The number of anilines is 1. The second kappa shape index (κ2) is 11.2. The summed E-state index contributed by atoms with van der Waals surface area (Å²) in [5.74, 6) is 0.657. The number of hydrogen-bond acceptors (Lipinski definition) is 5. The quantitative estimate of drug-likeness (QED) is 0.382. The van der Waals surface area contributed by atoms with Gasteiger partial charge in [-0.1, -0.05) is 30.0 Å². The fourth-order valence-corrected chi connectivity index (χ4v) is 5.01. The first kappa shape index (κ1) is 27.1.